The summed E-state index contributed by atoms with van der Waals surface area (Å²) in [6.45, 7) is 2.66. The lowest BCUT2D eigenvalue weighted by atomic mass is 10.1. The van der Waals surface area contributed by atoms with Gasteiger partial charge in [0.25, 0.3) is 5.91 Å². The molecule has 3 aromatic rings. The maximum Gasteiger partial charge on any atom is 0.336 e. The third kappa shape index (κ3) is 5.08. The van der Waals surface area contributed by atoms with Gasteiger partial charge >= 0.3 is 5.97 Å². The zero-order chi connectivity index (χ0) is 20.6. The van der Waals surface area contributed by atoms with E-state index >= 15 is 0 Å². The van der Waals surface area contributed by atoms with E-state index in [4.69, 9.17) is 5.11 Å². The van der Waals surface area contributed by atoms with E-state index < -0.39 is 5.97 Å². The number of nitrogens with one attached hydrogen (secondary N) is 1. The SMILES string of the molecule is CCn1c(SCC(=O)N/N=C/c2ccccc2C(=O)O)nnc1-c1ccccc1. The highest BCUT2D eigenvalue weighted by atomic mass is 32.2. The van der Waals surface area contributed by atoms with Gasteiger partial charge in [-0.2, -0.15) is 5.10 Å². The first-order valence-electron chi connectivity index (χ1n) is 8.85. The highest BCUT2D eigenvalue weighted by Crippen LogP contribution is 2.23. The monoisotopic (exact) mass is 409 g/mol. The molecule has 9 heteroatoms. The number of carboxylic acids is 1. The molecule has 0 bridgehead atoms. The number of hydrogen-bond acceptors (Lipinski definition) is 6. The predicted octanol–water partition coefficient (Wildman–Crippen LogP) is 2.91. The van der Waals surface area contributed by atoms with Crippen LogP contribution in [-0.2, 0) is 11.3 Å². The number of rotatable bonds is 8. The molecule has 1 aromatic heterocycles. The minimum absolute atomic E-state index is 0.102. The molecule has 1 heterocycles. The van der Waals surface area contributed by atoms with Gasteiger partial charge in [-0.1, -0.05) is 60.3 Å². The summed E-state index contributed by atoms with van der Waals surface area (Å²) < 4.78 is 1.94. The lowest BCUT2D eigenvalue weighted by molar-refractivity contribution is -0.118. The van der Waals surface area contributed by atoms with Crippen LogP contribution in [0.1, 0.15) is 22.8 Å². The molecule has 0 aliphatic rings. The number of aromatic carboxylic acids is 1. The molecule has 2 N–H and O–H groups in total. The lowest BCUT2D eigenvalue weighted by Gasteiger charge is -2.07. The molecule has 0 radical (unpaired) electrons. The molecule has 0 spiro atoms. The molecule has 0 aliphatic carbocycles. The Bertz CT molecular complexity index is 1030. The predicted molar refractivity (Wildman–Crippen MR) is 111 cm³/mol. The molecule has 0 fully saturated rings. The summed E-state index contributed by atoms with van der Waals surface area (Å²) in [7, 11) is 0. The van der Waals surface area contributed by atoms with Crippen molar-refractivity contribution >= 4 is 29.9 Å². The van der Waals surface area contributed by atoms with E-state index in [0.717, 1.165) is 11.4 Å². The van der Waals surface area contributed by atoms with Gasteiger partial charge in [0.2, 0.25) is 0 Å². The Morgan fingerprint density at radius 3 is 2.59 bits per heavy atom. The summed E-state index contributed by atoms with van der Waals surface area (Å²) in [5.41, 5.74) is 3.88. The van der Waals surface area contributed by atoms with Gasteiger partial charge in [0.15, 0.2) is 11.0 Å². The Morgan fingerprint density at radius 2 is 1.86 bits per heavy atom. The highest BCUT2D eigenvalue weighted by molar-refractivity contribution is 7.99. The van der Waals surface area contributed by atoms with Crippen molar-refractivity contribution in [3.63, 3.8) is 0 Å². The maximum atomic E-state index is 12.1. The average molecular weight is 409 g/mol. The number of carbonyl (C=O) groups excluding carboxylic acids is 1. The molecule has 0 atom stereocenters. The molecular weight excluding hydrogens is 390 g/mol. The Hall–Kier alpha value is -3.46. The third-order valence-corrected chi connectivity index (χ3v) is 4.95. The van der Waals surface area contributed by atoms with Crippen LogP contribution in [0.25, 0.3) is 11.4 Å². The van der Waals surface area contributed by atoms with Crippen LogP contribution in [0.4, 0.5) is 0 Å². The van der Waals surface area contributed by atoms with Crippen molar-refractivity contribution in [3.05, 3.63) is 65.7 Å². The van der Waals surface area contributed by atoms with Crippen LogP contribution in [0.5, 0.6) is 0 Å². The van der Waals surface area contributed by atoms with E-state index in [1.165, 1.54) is 24.0 Å². The molecule has 3 rings (SSSR count). The fourth-order valence-corrected chi connectivity index (χ4v) is 3.42. The molecule has 29 heavy (non-hydrogen) atoms. The molecule has 0 aliphatic heterocycles. The molecular formula is C20H19N5O3S. The van der Waals surface area contributed by atoms with E-state index in [1.807, 2.05) is 41.8 Å². The van der Waals surface area contributed by atoms with Crippen LogP contribution in [0.15, 0.2) is 64.9 Å². The minimum atomic E-state index is -1.05. The normalized spacial score (nSPS) is 10.9. The third-order valence-electron chi connectivity index (χ3n) is 3.98. The zero-order valence-corrected chi connectivity index (χ0v) is 16.5. The molecule has 8 nitrogen and oxygen atoms in total. The standard InChI is InChI=1S/C20H19N5O3S/c1-2-25-18(14-8-4-3-5-9-14)23-24-20(25)29-13-17(26)22-21-12-15-10-6-7-11-16(15)19(27)28/h3-12H,2,13H2,1H3,(H,22,26)(H,27,28)/b21-12+. The van der Waals surface area contributed by atoms with Crippen LogP contribution < -0.4 is 5.43 Å². The number of nitrogens with zero attached hydrogens (tertiary/aromatic N) is 4. The van der Waals surface area contributed by atoms with E-state index in [1.54, 1.807) is 18.2 Å². The second kappa shape index (κ2) is 9.65. The van der Waals surface area contributed by atoms with E-state index in [0.29, 0.717) is 17.3 Å². The topological polar surface area (TPSA) is 109 Å². The first-order chi connectivity index (χ1) is 14.1. The van der Waals surface area contributed by atoms with E-state index in [9.17, 15) is 9.59 Å². The zero-order valence-electron chi connectivity index (χ0n) is 15.6. The fraction of sp³-hybridized carbons (Fsp3) is 0.150. The van der Waals surface area contributed by atoms with Gasteiger partial charge < -0.3 is 9.67 Å². The Labute approximate surface area is 171 Å². The molecule has 2 aromatic carbocycles. The Balaban J connectivity index is 1.60. The first kappa shape index (κ1) is 20.3. The van der Waals surface area contributed by atoms with Gasteiger partial charge in [0.05, 0.1) is 17.5 Å². The number of amides is 1. The number of hydrazone groups is 1. The van der Waals surface area contributed by atoms with Crippen LogP contribution in [0.3, 0.4) is 0 Å². The molecule has 0 unspecified atom stereocenters. The molecule has 1 amide bonds. The van der Waals surface area contributed by atoms with Crippen molar-refractivity contribution in [2.75, 3.05) is 5.75 Å². The lowest BCUT2D eigenvalue weighted by Crippen LogP contribution is -2.20. The minimum Gasteiger partial charge on any atom is -0.478 e. The first-order valence-corrected chi connectivity index (χ1v) is 9.84. The number of carboxylic acid groups (broad SMARTS) is 1. The number of hydrogen-bond donors (Lipinski definition) is 2. The second-order valence-electron chi connectivity index (χ2n) is 5.89. The number of aromatic nitrogens is 3. The quantitative estimate of drug-likeness (QED) is 0.336. The van der Waals surface area contributed by atoms with Crippen molar-refractivity contribution in [2.45, 2.75) is 18.6 Å². The average Bonchev–Trinajstić information content (AvgIpc) is 3.16. The van der Waals surface area contributed by atoms with Gasteiger partial charge in [-0.15, -0.1) is 10.2 Å². The maximum absolute atomic E-state index is 12.1. The summed E-state index contributed by atoms with van der Waals surface area (Å²) in [6.07, 6.45) is 1.31. The Morgan fingerprint density at radius 1 is 1.14 bits per heavy atom. The molecule has 148 valence electrons. The van der Waals surface area contributed by atoms with Crippen molar-refractivity contribution in [3.8, 4) is 11.4 Å². The Kier molecular flexibility index (Phi) is 6.75. The molecule has 0 saturated heterocycles. The van der Waals surface area contributed by atoms with Crippen molar-refractivity contribution in [1.82, 2.24) is 20.2 Å². The highest BCUT2D eigenvalue weighted by Gasteiger charge is 2.14. The summed E-state index contributed by atoms with van der Waals surface area (Å²) in [4.78, 5) is 23.3. The number of thioether (sulfide) groups is 1. The van der Waals surface area contributed by atoms with Crippen LogP contribution in [0, 0.1) is 0 Å². The van der Waals surface area contributed by atoms with E-state index in [2.05, 4.69) is 20.7 Å². The summed E-state index contributed by atoms with van der Waals surface area (Å²) in [6, 6.07) is 16.1. The fourth-order valence-electron chi connectivity index (χ4n) is 2.62. The van der Waals surface area contributed by atoms with Crippen LogP contribution >= 0.6 is 11.8 Å². The number of benzene rings is 2. The summed E-state index contributed by atoms with van der Waals surface area (Å²) in [5.74, 6) is -0.530. The van der Waals surface area contributed by atoms with Gasteiger partial charge in [-0.25, -0.2) is 10.2 Å². The van der Waals surface area contributed by atoms with E-state index in [-0.39, 0.29) is 17.2 Å². The van der Waals surface area contributed by atoms with Crippen LogP contribution in [-0.4, -0.2) is 43.7 Å². The summed E-state index contributed by atoms with van der Waals surface area (Å²) >= 11 is 1.26. The van der Waals surface area contributed by atoms with Gasteiger partial charge in [-0.05, 0) is 13.0 Å². The number of carbonyl (C=O) groups is 2. The smallest absolute Gasteiger partial charge is 0.336 e. The molecule has 0 saturated carbocycles. The van der Waals surface area contributed by atoms with Gasteiger partial charge in [-0.3, -0.25) is 4.79 Å². The van der Waals surface area contributed by atoms with Crippen molar-refractivity contribution < 1.29 is 14.7 Å². The summed E-state index contributed by atoms with van der Waals surface area (Å²) in [5, 5.41) is 22.1. The van der Waals surface area contributed by atoms with Crippen molar-refractivity contribution in [1.29, 1.82) is 0 Å². The largest absolute Gasteiger partial charge is 0.478 e. The van der Waals surface area contributed by atoms with Crippen LogP contribution in [0.2, 0.25) is 0 Å². The van der Waals surface area contributed by atoms with Crippen molar-refractivity contribution in [2.24, 2.45) is 5.10 Å². The second-order valence-corrected chi connectivity index (χ2v) is 6.83. The van der Waals surface area contributed by atoms with Gasteiger partial charge in [0, 0.05) is 17.7 Å². The van der Waals surface area contributed by atoms with Gasteiger partial charge in [0.1, 0.15) is 0 Å².